The van der Waals surface area contributed by atoms with E-state index in [9.17, 15) is 9.59 Å². The Morgan fingerprint density at radius 2 is 2.18 bits per heavy atom. The van der Waals surface area contributed by atoms with Gasteiger partial charge in [-0.3, -0.25) is 14.6 Å². The molecule has 0 saturated carbocycles. The minimum atomic E-state index is -0.952. The lowest BCUT2D eigenvalue weighted by Gasteiger charge is -2.31. The van der Waals surface area contributed by atoms with Crippen LogP contribution in [0.25, 0.3) is 16.6 Å². The smallest absolute Gasteiger partial charge is 0.306 e. The molecule has 9 nitrogen and oxygen atoms in total. The van der Waals surface area contributed by atoms with Crippen molar-refractivity contribution in [1.82, 2.24) is 24.9 Å². The first-order chi connectivity index (χ1) is 13.5. The molecular formula is C19H19N5O4. The van der Waals surface area contributed by atoms with Gasteiger partial charge in [0.2, 0.25) is 0 Å². The molecule has 0 spiro atoms. The first kappa shape index (κ1) is 18.1. The van der Waals surface area contributed by atoms with E-state index in [0.717, 1.165) is 16.6 Å². The highest BCUT2D eigenvalue weighted by molar-refractivity contribution is 5.93. The van der Waals surface area contributed by atoms with Crippen LogP contribution >= 0.6 is 0 Å². The van der Waals surface area contributed by atoms with E-state index in [1.54, 1.807) is 22.7 Å². The molecule has 1 unspecified atom stereocenters. The molecular weight excluding hydrogens is 362 g/mol. The number of morpholine rings is 1. The van der Waals surface area contributed by atoms with Gasteiger partial charge in [0.05, 0.1) is 36.0 Å². The van der Waals surface area contributed by atoms with Gasteiger partial charge < -0.3 is 14.7 Å². The normalized spacial score (nSPS) is 17.0. The molecule has 3 heterocycles. The maximum Gasteiger partial charge on any atom is 0.306 e. The van der Waals surface area contributed by atoms with Gasteiger partial charge in [0.15, 0.2) is 5.69 Å². The highest BCUT2D eigenvalue weighted by Gasteiger charge is 2.29. The molecule has 3 aromatic rings. The monoisotopic (exact) mass is 381 g/mol. The number of fused-ring (bicyclic) bond motifs is 1. The highest BCUT2D eigenvalue weighted by Crippen LogP contribution is 2.20. The molecule has 0 aliphatic carbocycles. The molecule has 28 heavy (non-hydrogen) atoms. The summed E-state index contributed by atoms with van der Waals surface area (Å²) in [7, 11) is 0. The first-order valence-corrected chi connectivity index (χ1v) is 8.93. The SMILES string of the molecule is Cc1c(C(=O)N2CCOC(CC(=O)O)C2)nnn1-c1ccc2ncccc2c1. The average molecular weight is 381 g/mol. The number of hydrogen-bond acceptors (Lipinski definition) is 6. The third-order valence-electron chi connectivity index (χ3n) is 4.76. The van der Waals surface area contributed by atoms with E-state index in [-0.39, 0.29) is 24.6 Å². The molecule has 1 aliphatic rings. The van der Waals surface area contributed by atoms with E-state index in [1.807, 2.05) is 30.3 Å². The van der Waals surface area contributed by atoms with Crippen molar-refractivity contribution >= 4 is 22.8 Å². The molecule has 1 fully saturated rings. The maximum absolute atomic E-state index is 12.9. The van der Waals surface area contributed by atoms with Gasteiger partial charge in [-0.1, -0.05) is 11.3 Å². The summed E-state index contributed by atoms with van der Waals surface area (Å²) in [4.78, 5) is 29.7. The van der Waals surface area contributed by atoms with Crippen molar-refractivity contribution in [2.45, 2.75) is 19.4 Å². The summed E-state index contributed by atoms with van der Waals surface area (Å²) in [5, 5.41) is 18.1. The van der Waals surface area contributed by atoms with Crippen LogP contribution in [0.4, 0.5) is 0 Å². The van der Waals surface area contributed by atoms with Crippen LogP contribution in [0.15, 0.2) is 36.5 Å². The van der Waals surface area contributed by atoms with Gasteiger partial charge in [-0.2, -0.15) is 0 Å². The molecule has 9 heteroatoms. The molecule has 144 valence electrons. The summed E-state index contributed by atoms with van der Waals surface area (Å²) < 4.78 is 7.05. The fourth-order valence-corrected chi connectivity index (χ4v) is 3.34. The van der Waals surface area contributed by atoms with Gasteiger partial charge in [-0.15, -0.1) is 5.10 Å². The zero-order chi connectivity index (χ0) is 19.7. The Balaban J connectivity index is 1.58. The van der Waals surface area contributed by atoms with Gasteiger partial charge in [0.1, 0.15) is 0 Å². The van der Waals surface area contributed by atoms with Crippen LogP contribution in [-0.4, -0.2) is 67.7 Å². The fourth-order valence-electron chi connectivity index (χ4n) is 3.34. The number of ether oxygens (including phenoxy) is 1. The van der Waals surface area contributed by atoms with Gasteiger partial charge in [0, 0.05) is 24.7 Å². The minimum Gasteiger partial charge on any atom is -0.481 e. The quantitative estimate of drug-likeness (QED) is 0.728. The van der Waals surface area contributed by atoms with Crippen molar-refractivity contribution in [3.05, 3.63) is 47.9 Å². The number of aromatic nitrogens is 4. The van der Waals surface area contributed by atoms with Crippen molar-refractivity contribution in [3.8, 4) is 5.69 Å². The number of carboxylic acid groups (broad SMARTS) is 1. The predicted molar refractivity (Wildman–Crippen MR) is 99.3 cm³/mol. The van der Waals surface area contributed by atoms with Crippen LogP contribution in [0.3, 0.4) is 0 Å². The molecule has 0 bridgehead atoms. The Morgan fingerprint density at radius 1 is 1.32 bits per heavy atom. The van der Waals surface area contributed by atoms with Gasteiger partial charge in [0.25, 0.3) is 5.91 Å². The number of carbonyl (C=O) groups excluding carboxylic acids is 1. The maximum atomic E-state index is 12.9. The number of aliphatic carboxylic acids is 1. The van der Waals surface area contributed by atoms with E-state index in [2.05, 4.69) is 15.3 Å². The number of carboxylic acids is 1. The number of benzene rings is 1. The number of carbonyl (C=O) groups is 2. The van der Waals surface area contributed by atoms with Crippen LogP contribution in [0.2, 0.25) is 0 Å². The van der Waals surface area contributed by atoms with Gasteiger partial charge in [-0.25, -0.2) is 4.68 Å². The average Bonchev–Trinajstić information content (AvgIpc) is 3.08. The zero-order valence-corrected chi connectivity index (χ0v) is 15.3. The molecule has 4 rings (SSSR count). The number of rotatable bonds is 4. The number of nitrogens with zero attached hydrogens (tertiary/aromatic N) is 5. The van der Waals surface area contributed by atoms with Crippen molar-refractivity contribution < 1.29 is 19.4 Å². The Morgan fingerprint density at radius 3 is 3.00 bits per heavy atom. The summed E-state index contributed by atoms with van der Waals surface area (Å²) in [6, 6.07) is 9.53. The van der Waals surface area contributed by atoms with E-state index in [1.165, 1.54) is 0 Å². The topological polar surface area (TPSA) is 110 Å². The molecule has 1 aliphatic heterocycles. The molecule has 0 radical (unpaired) electrons. The standard InChI is InChI=1S/C19H19N5O4/c1-12-18(19(27)23-7-8-28-15(11-23)10-17(25)26)21-22-24(12)14-4-5-16-13(9-14)3-2-6-20-16/h2-6,9,15H,7-8,10-11H2,1H3,(H,25,26). The third-order valence-corrected chi connectivity index (χ3v) is 4.76. The Labute approximate surface area is 160 Å². The number of amides is 1. The Hall–Kier alpha value is -3.33. The minimum absolute atomic E-state index is 0.138. The first-order valence-electron chi connectivity index (χ1n) is 8.93. The van der Waals surface area contributed by atoms with Crippen LogP contribution in [0, 0.1) is 6.92 Å². The molecule has 1 amide bonds. The molecule has 2 aromatic heterocycles. The van der Waals surface area contributed by atoms with Crippen molar-refractivity contribution in [3.63, 3.8) is 0 Å². The van der Waals surface area contributed by atoms with E-state index >= 15 is 0 Å². The number of pyridine rings is 1. The third kappa shape index (κ3) is 3.44. The molecule has 1 aromatic carbocycles. The second-order valence-electron chi connectivity index (χ2n) is 6.66. The van der Waals surface area contributed by atoms with Gasteiger partial charge >= 0.3 is 5.97 Å². The Bertz CT molecular complexity index is 1050. The summed E-state index contributed by atoms with van der Waals surface area (Å²) in [6.07, 6.45) is 1.08. The lowest BCUT2D eigenvalue weighted by atomic mass is 10.2. The van der Waals surface area contributed by atoms with Crippen LogP contribution in [0.5, 0.6) is 0 Å². The van der Waals surface area contributed by atoms with Crippen molar-refractivity contribution in [2.24, 2.45) is 0 Å². The lowest BCUT2D eigenvalue weighted by molar-refractivity contribution is -0.141. The largest absolute Gasteiger partial charge is 0.481 e. The highest BCUT2D eigenvalue weighted by atomic mass is 16.5. The molecule has 1 atom stereocenters. The van der Waals surface area contributed by atoms with Gasteiger partial charge in [-0.05, 0) is 31.2 Å². The van der Waals surface area contributed by atoms with E-state index in [0.29, 0.717) is 18.8 Å². The fraction of sp³-hybridized carbons (Fsp3) is 0.316. The second kappa shape index (κ2) is 7.35. The number of hydrogen-bond donors (Lipinski definition) is 1. The summed E-state index contributed by atoms with van der Waals surface area (Å²) in [5.74, 6) is -1.22. The summed E-state index contributed by atoms with van der Waals surface area (Å²) in [6.45, 7) is 2.70. The lowest BCUT2D eigenvalue weighted by Crippen LogP contribution is -2.46. The van der Waals surface area contributed by atoms with Crippen LogP contribution < -0.4 is 0 Å². The molecule has 1 saturated heterocycles. The van der Waals surface area contributed by atoms with Crippen molar-refractivity contribution in [1.29, 1.82) is 0 Å². The molecule has 1 N–H and O–H groups in total. The van der Waals surface area contributed by atoms with Crippen LogP contribution in [-0.2, 0) is 9.53 Å². The van der Waals surface area contributed by atoms with Crippen LogP contribution in [0.1, 0.15) is 22.6 Å². The second-order valence-corrected chi connectivity index (χ2v) is 6.66. The predicted octanol–water partition coefficient (Wildman–Crippen LogP) is 1.44. The summed E-state index contributed by atoms with van der Waals surface area (Å²) in [5.41, 5.74) is 2.53. The zero-order valence-electron chi connectivity index (χ0n) is 15.3. The van der Waals surface area contributed by atoms with E-state index in [4.69, 9.17) is 9.84 Å². The summed E-state index contributed by atoms with van der Waals surface area (Å²) >= 11 is 0. The van der Waals surface area contributed by atoms with Crippen molar-refractivity contribution in [2.75, 3.05) is 19.7 Å². The Kier molecular flexibility index (Phi) is 4.74. The van der Waals surface area contributed by atoms with E-state index < -0.39 is 12.1 Å².